The Balaban J connectivity index is 2.01. The van der Waals surface area contributed by atoms with Crippen LogP contribution < -0.4 is 5.32 Å². The average Bonchev–Trinajstić information content (AvgIpc) is 2.99. The molecule has 0 radical (unpaired) electrons. The Morgan fingerprint density at radius 2 is 2.13 bits per heavy atom. The molecule has 6 nitrogen and oxygen atoms in total. The van der Waals surface area contributed by atoms with E-state index in [1.165, 1.54) is 18.3 Å². The maximum absolute atomic E-state index is 12.7. The molecule has 0 unspecified atom stereocenters. The first-order chi connectivity index (χ1) is 11.0. The molecule has 0 aliphatic carbocycles. The molecule has 0 bridgehead atoms. The molecule has 7 heteroatoms. The molecular formula is C16H22N2O4S. The molecule has 1 aliphatic rings. The Labute approximate surface area is 139 Å². The number of carbonyl (C=O) groups excluding carboxylic acids is 2. The predicted octanol–water partition coefficient (Wildman–Crippen LogP) is 2.24. The summed E-state index contributed by atoms with van der Waals surface area (Å²) in [4.78, 5) is 37.8. The van der Waals surface area contributed by atoms with Gasteiger partial charge in [0, 0.05) is 30.8 Å². The standard InChI is InChI=1S/C16H22N2O4S/c1-11(19)17-10-13-6-7-14(23-13)16(22)18-9-3-2-4-12(18)5-8-15(20)21/h6-7,12H,2-5,8-10H2,1H3,(H,17,19)(H,20,21)/t12-/m0/s1. The highest BCUT2D eigenvalue weighted by Crippen LogP contribution is 2.26. The first-order valence-corrected chi connectivity index (χ1v) is 8.65. The zero-order valence-electron chi connectivity index (χ0n) is 13.2. The van der Waals surface area contributed by atoms with E-state index in [9.17, 15) is 14.4 Å². The number of hydrogen-bond acceptors (Lipinski definition) is 4. The Bertz CT molecular complexity index is 584. The first-order valence-electron chi connectivity index (χ1n) is 7.83. The van der Waals surface area contributed by atoms with E-state index in [1.54, 1.807) is 6.07 Å². The van der Waals surface area contributed by atoms with Crippen molar-refractivity contribution in [2.75, 3.05) is 6.54 Å². The molecule has 2 amide bonds. The van der Waals surface area contributed by atoms with Crippen LogP contribution in [-0.4, -0.2) is 40.4 Å². The van der Waals surface area contributed by atoms with Gasteiger partial charge in [0.05, 0.1) is 11.4 Å². The molecule has 1 atom stereocenters. The molecule has 2 N–H and O–H groups in total. The normalized spacial score (nSPS) is 17.8. The summed E-state index contributed by atoms with van der Waals surface area (Å²) in [7, 11) is 0. The highest BCUT2D eigenvalue weighted by atomic mass is 32.1. The first kappa shape index (κ1) is 17.5. The summed E-state index contributed by atoms with van der Waals surface area (Å²) in [5.41, 5.74) is 0. The maximum atomic E-state index is 12.7. The summed E-state index contributed by atoms with van der Waals surface area (Å²) < 4.78 is 0. The zero-order valence-corrected chi connectivity index (χ0v) is 14.0. The molecule has 1 aromatic heterocycles. The van der Waals surface area contributed by atoms with Gasteiger partial charge in [-0.3, -0.25) is 14.4 Å². The number of carbonyl (C=O) groups is 3. The van der Waals surface area contributed by atoms with Crippen LogP contribution in [0.15, 0.2) is 12.1 Å². The number of amides is 2. The SMILES string of the molecule is CC(=O)NCc1ccc(C(=O)N2CCCC[C@H]2CCC(=O)O)s1. The number of nitrogens with one attached hydrogen (secondary N) is 1. The Morgan fingerprint density at radius 1 is 1.35 bits per heavy atom. The molecule has 1 saturated heterocycles. The molecular weight excluding hydrogens is 316 g/mol. The van der Waals surface area contributed by atoms with Crippen LogP contribution in [-0.2, 0) is 16.1 Å². The largest absolute Gasteiger partial charge is 0.481 e. The van der Waals surface area contributed by atoms with Crippen LogP contribution in [0, 0.1) is 0 Å². The summed E-state index contributed by atoms with van der Waals surface area (Å²) in [6, 6.07) is 3.64. The molecule has 126 valence electrons. The molecule has 0 saturated carbocycles. The van der Waals surface area contributed by atoms with E-state index in [4.69, 9.17) is 5.11 Å². The van der Waals surface area contributed by atoms with E-state index < -0.39 is 5.97 Å². The van der Waals surface area contributed by atoms with Crippen molar-refractivity contribution in [3.63, 3.8) is 0 Å². The lowest BCUT2D eigenvalue weighted by molar-refractivity contribution is -0.137. The van der Waals surface area contributed by atoms with E-state index in [-0.39, 0.29) is 24.3 Å². The smallest absolute Gasteiger partial charge is 0.303 e. The Hall–Kier alpha value is -1.89. The van der Waals surface area contributed by atoms with Crippen LogP contribution in [0.25, 0.3) is 0 Å². The van der Waals surface area contributed by atoms with Crippen LogP contribution in [0.1, 0.15) is 53.6 Å². The van der Waals surface area contributed by atoms with Crippen molar-refractivity contribution in [3.8, 4) is 0 Å². The number of likely N-dealkylation sites (tertiary alicyclic amines) is 1. The summed E-state index contributed by atoms with van der Waals surface area (Å²) in [5.74, 6) is -0.952. The number of carboxylic acids is 1. The van der Waals surface area contributed by atoms with Crippen molar-refractivity contribution in [2.45, 2.75) is 51.6 Å². The van der Waals surface area contributed by atoms with Gasteiger partial charge in [-0.05, 0) is 37.8 Å². The minimum absolute atomic E-state index is 0.00763. The maximum Gasteiger partial charge on any atom is 0.303 e. The second-order valence-electron chi connectivity index (χ2n) is 5.76. The Kier molecular flexibility index (Phi) is 6.15. The van der Waals surface area contributed by atoms with Gasteiger partial charge in [0.15, 0.2) is 0 Å². The van der Waals surface area contributed by atoms with Crippen molar-refractivity contribution in [2.24, 2.45) is 0 Å². The van der Waals surface area contributed by atoms with E-state index in [0.717, 1.165) is 24.1 Å². The number of nitrogens with zero attached hydrogens (tertiary/aromatic N) is 1. The highest BCUT2D eigenvalue weighted by molar-refractivity contribution is 7.14. The topological polar surface area (TPSA) is 86.7 Å². The third-order valence-corrected chi connectivity index (χ3v) is 5.04. The van der Waals surface area contributed by atoms with E-state index in [0.29, 0.717) is 24.4 Å². The summed E-state index contributed by atoms with van der Waals surface area (Å²) in [6.45, 7) is 2.57. The minimum atomic E-state index is -0.823. The van der Waals surface area contributed by atoms with Crippen LogP contribution in [0.3, 0.4) is 0 Å². The molecule has 23 heavy (non-hydrogen) atoms. The van der Waals surface area contributed by atoms with E-state index in [2.05, 4.69) is 5.32 Å². The molecule has 1 aromatic rings. The van der Waals surface area contributed by atoms with Gasteiger partial charge >= 0.3 is 5.97 Å². The van der Waals surface area contributed by atoms with Gasteiger partial charge < -0.3 is 15.3 Å². The fourth-order valence-corrected chi connectivity index (χ4v) is 3.70. The third kappa shape index (κ3) is 5.06. The zero-order chi connectivity index (χ0) is 16.8. The summed E-state index contributed by atoms with van der Waals surface area (Å²) >= 11 is 1.38. The van der Waals surface area contributed by atoms with Crippen molar-refractivity contribution >= 4 is 29.1 Å². The lowest BCUT2D eigenvalue weighted by atomic mass is 9.97. The quantitative estimate of drug-likeness (QED) is 0.833. The van der Waals surface area contributed by atoms with Gasteiger partial charge in [-0.2, -0.15) is 0 Å². The third-order valence-electron chi connectivity index (χ3n) is 3.96. The number of rotatable bonds is 6. The second kappa shape index (κ2) is 8.10. The lowest BCUT2D eigenvalue weighted by Crippen LogP contribution is -2.43. The van der Waals surface area contributed by atoms with Gasteiger partial charge in [0.25, 0.3) is 5.91 Å². The van der Waals surface area contributed by atoms with Crippen LogP contribution in [0.2, 0.25) is 0 Å². The molecule has 0 spiro atoms. The summed E-state index contributed by atoms with van der Waals surface area (Å²) in [5, 5.41) is 11.6. The van der Waals surface area contributed by atoms with Crippen molar-refractivity contribution < 1.29 is 19.5 Å². The van der Waals surface area contributed by atoms with Crippen LogP contribution in [0.5, 0.6) is 0 Å². The fraction of sp³-hybridized carbons (Fsp3) is 0.562. The number of carboxylic acid groups (broad SMARTS) is 1. The van der Waals surface area contributed by atoms with E-state index in [1.807, 2.05) is 11.0 Å². The van der Waals surface area contributed by atoms with Crippen molar-refractivity contribution in [3.05, 3.63) is 21.9 Å². The molecule has 2 rings (SSSR count). The number of piperidine rings is 1. The van der Waals surface area contributed by atoms with Gasteiger partial charge in [-0.1, -0.05) is 0 Å². The van der Waals surface area contributed by atoms with Crippen LogP contribution in [0.4, 0.5) is 0 Å². The second-order valence-corrected chi connectivity index (χ2v) is 6.92. The minimum Gasteiger partial charge on any atom is -0.481 e. The van der Waals surface area contributed by atoms with Gasteiger partial charge in [0.1, 0.15) is 0 Å². The van der Waals surface area contributed by atoms with Gasteiger partial charge in [-0.15, -0.1) is 11.3 Å². The van der Waals surface area contributed by atoms with Crippen LogP contribution >= 0.6 is 11.3 Å². The lowest BCUT2D eigenvalue weighted by Gasteiger charge is -2.35. The van der Waals surface area contributed by atoms with Crippen molar-refractivity contribution in [1.82, 2.24) is 10.2 Å². The van der Waals surface area contributed by atoms with E-state index >= 15 is 0 Å². The highest BCUT2D eigenvalue weighted by Gasteiger charge is 2.28. The molecule has 2 heterocycles. The Morgan fingerprint density at radius 3 is 2.83 bits per heavy atom. The monoisotopic (exact) mass is 338 g/mol. The molecule has 1 aliphatic heterocycles. The number of hydrogen-bond donors (Lipinski definition) is 2. The fourth-order valence-electron chi connectivity index (χ4n) is 2.80. The molecule has 0 aromatic carbocycles. The number of thiophene rings is 1. The number of aliphatic carboxylic acids is 1. The molecule has 1 fully saturated rings. The van der Waals surface area contributed by atoms with Gasteiger partial charge in [0.2, 0.25) is 5.91 Å². The van der Waals surface area contributed by atoms with Gasteiger partial charge in [-0.25, -0.2) is 0 Å². The predicted molar refractivity (Wildman–Crippen MR) is 87.4 cm³/mol. The average molecular weight is 338 g/mol. The van der Waals surface area contributed by atoms with Crippen molar-refractivity contribution in [1.29, 1.82) is 0 Å². The summed E-state index contributed by atoms with van der Waals surface area (Å²) in [6.07, 6.45) is 3.45.